The van der Waals surface area contributed by atoms with Crippen LogP contribution in [0.25, 0.3) is 10.2 Å². The Morgan fingerprint density at radius 1 is 1.10 bits per heavy atom. The highest BCUT2D eigenvalue weighted by Crippen LogP contribution is 2.55. The van der Waals surface area contributed by atoms with E-state index >= 15 is 0 Å². The lowest BCUT2D eigenvalue weighted by Crippen LogP contribution is -3.14. The van der Waals surface area contributed by atoms with Gasteiger partial charge in [-0.3, -0.25) is 4.79 Å². The summed E-state index contributed by atoms with van der Waals surface area (Å²) < 4.78 is 1.27. The smallest absolute Gasteiger partial charge is 0.275 e. The number of rotatable bonds is 4. The lowest BCUT2D eigenvalue weighted by molar-refractivity contribution is -0.929. The van der Waals surface area contributed by atoms with E-state index in [9.17, 15) is 4.79 Å². The Kier molecular flexibility index (Phi) is 4.46. The van der Waals surface area contributed by atoms with Gasteiger partial charge in [-0.1, -0.05) is 12.1 Å². The Bertz CT molecular complexity index is 853. The molecule has 4 saturated carbocycles. The van der Waals surface area contributed by atoms with Gasteiger partial charge in [0, 0.05) is 12.0 Å². The minimum Gasteiger partial charge on any atom is -0.346 e. The standard InChI is InChI=1S/C24H31N3OS/c28-22(26-24-12-16-9-17(13-24)11-18(10-16)14-24)15-27-8-4-3-6-20(27)23-25-19-5-1-2-7-21(19)29-23/h1-2,5,7,16-18,20H,3-4,6,8-15H2,(H,26,28)/p+1/t16?,17?,18?,20-,24?/m0/s1. The van der Waals surface area contributed by atoms with Gasteiger partial charge in [-0.05, 0) is 81.3 Å². The molecule has 2 atom stereocenters. The molecule has 0 radical (unpaired) electrons. The first-order valence-corrected chi connectivity index (χ1v) is 12.5. The van der Waals surface area contributed by atoms with Crippen molar-refractivity contribution in [3.8, 4) is 0 Å². The topological polar surface area (TPSA) is 46.4 Å². The molecule has 4 bridgehead atoms. The van der Waals surface area contributed by atoms with Crippen molar-refractivity contribution >= 4 is 27.5 Å². The summed E-state index contributed by atoms with van der Waals surface area (Å²) in [6, 6.07) is 8.81. The van der Waals surface area contributed by atoms with E-state index in [1.165, 1.54) is 66.0 Å². The van der Waals surface area contributed by atoms with Gasteiger partial charge in [-0.2, -0.15) is 0 Å². The van der Waals surface area contributed by atoms with Crippen LogP contribution in [-0.2, 0) is 4.79 Å². The second kappa shape index (κ2) is 7.05. The molecule has 5 heteroatoms. The molecule has 1 aromatic carbocycles. The first-order valence-electron chi connectivity index (χ1n) is 11.7. The predicted molar refractivity (Wildman–Crippen MR) is 116 cm³/mol. The molecule has 5 fully saturated rings. The zero-order chi connectivity index (χ0) is 19.4. The van der Waals surface area contributed by atoms with Gasteiger partial charge in [0.15, 0.2) is 11.6 Å². The summed E-state index contributed by atoms with van der Waals surface area (Å²) in [5.74, 6) is 2.91. The molecule has 1 aromatic heterocycles. The van der Waals surface area contributed by atoms with Crippen LogP contribution in [-0.4, -0.2) is 29.5 Å². The van der Waals surface area contributed by atoms with Gasteiger partial charge in [0.05, 0.1) is 16.8 Å². The summed E-state index contributed by atoms with van der Waals surface area (Å²) >= 11 is 1.83. The number of aromatic nitrogens is 1. The lowest BCUT2D eigenvalue weighted by atomic mass is 9.53. The first kappa shape index (κ1) is 18.3. The van der Waals surface area contributed by atoms with Crippen LogP contribution in [0.4, 0.5) is 0 Å². The van der Waals surface area contributed by atoms with Gasteiger partial charge >= 0.3 is 0 Å². The molecule has 0 spiro atoms. The van der Waals surface area contributed by atoms with Crippen molar-refractivity contribution in [2.45, 2.75) is 69.4 Å². The van der Waals surface area contributed by atoms with E-state index < -0.39 is 0 Å². The zero-order valence-corrected chi connectivity index (χ0v) is 18.0. The highest BCUT2D eigenvalue weighted by Gasteiger charge is 2.51. The maximum atomic E-state index is 13.2. The summed E-state index contributed by atoms with van der Waals surface area (Å²) in [5, 5.41) is 4.82. The van der Waals surface area contributed by atoms with Crippen molar-refractivity contribution in [2.75, 3.05) is 13.1 Å². The fourth-order valence-corrected chi connectivity index (χ4v) is 8.60. The van der Waals surface area contributed by atoms with E-state index in [4.69, 9.17) is 4.98 Å². The van der Waals surface area contributed by atoms with E-state index in [1.54, 1.807) is 0 Å². The van der Waals surface area contributed by atoms with Crippen molar-refractivity contribution in [2.24, 2.45) is 17.8 Å². The number of fused-ring (bicyclic) bond motifs is 1. The van der Waals surface area contributed by atoms with E-state index in [2.05, 4.69) is 29.6 Å². The molecule has 1 unspecified atom stereocenters. The Morgan fingerprint density at radius 3 is 2.55 bits per heavy atom. The minimum atomic E-state index is 0.131. The highest BCUT2D eigenvalue weighted by molar-refractivity contribution is 7.18. The molecule has 1 amide bonds. The SMILES string of the molecule is O=C(C[NH+]1CCCC[C@H]1c1nc2ccccc2s1)NC12CC3CC(CC(C3)C1)C2. The number of amides is 1. The molecule has 2 N–H and O–H groups in total. The summed E-state index contributed by atoms with van der Waals surface area (Å²) in [6.07, 6.45) is 11.6. The number of benzene rings is 1. The van der Waals surface area contributed by atoms with Crippen molar-refractivity contribution in [1.29, 1.82) is 0 Å². The molecule has 154 valence electrons. The quantitative estimate of drug-likeness (QED) is 0.811. The first-order chi connectivity index (χ1) is 14.2. The van der Waals surface area contributed by atoms with Gasteiger partial charge in [0.25, 0.3) is 5.91 Å². The average Bonchev–Trinajstić information content (AvgIpc) is 3.11. The Balaban J connectivity index is 1.17. The van der Waals surface area contributed by atoms with Crippen LogP contribution in [0.2, 0.25) is 0 Å². The van der Waals surface area contributed by atoms with Gasteiger partial charge in [-0.15, -0.1) is 11.3 Å². The summed E-state index contributed by atoms with van der Waals surface area (Å²) in [7, 11) is 0. The molecule has 2 aromatic rings. The molecule has 5 aliphatic rings. The minimum absolute atomic E-state index is 0.131. The van der Waals surface area contributed by atoms with E-state index in [0.717, 1.165) is 36.2 Å². The van der Waals surface area contributed by atoms with Gasteiger partial charge in [0.2, 0.25) is 0 Å². The van der Waals surface area contributed by atoms with Crippen LogP contribution in [0, 0.1) is 17.8 Å². The van der Waals surface area contributed by atoms with Crippen molar-refractivity contribution in [1.82, 2.24) is 10.3 Å². The molecule has 4 aliphatic carbocycles. The molecule has 29 heavy (non-hydrogen) atoms. The maximum absolute atomic E-state index is 13.2. The molecular weight excluding hydrogens is 378 g/mol. The fourth-order valence-electron chi connectivity index (χ4n) is 7.44. The predicted octanol–water partition coefficient (Wildman–Crippen LogP) is 3.49. The number of carbonyl (C=O) groups is 1. The van der Waals surface area contributed by atoms with Crippen LogP contribution >= 0.6 is 11.3 Å². The van der Waals surface area contributed by atoms with Crippen LogP contribution in [0.5, 0.6) is 0 Å². The third kappa shape index (κ3) is 3.40. The van der Waals surface area contributed by atoms with Crippen molar-refractivity contribution in [3.05, 3.63) is 29.3 Å². The Labute approximate surface area is 177 Å². The van der Waals surface area contributed by atoms with Gasteiger partial charge in [-0.25, -0.2) is 4.98 Å². The maximum Gasteiger partial charge on any atom is 0.275 e. The number of hydrogen-bond acceptors (Lipinski definition) is 3. The molecule has 4 nitrogen and oxygen atoms in total. The number of para-hydroxylation sites is 1. The number of piperidine rings is 1. The van der Waals surface area contributed by atoms with Gasteiger partial charge < -0.3 is 10.2 Å². The summed E-state index contributed by atoms with van der Waals surface area (Å²) in [5.41, 5.74) is 1.24. The lowest BCUT2D eigenvalue weighted by Gasteiger charge is -2.56. The van der Waals surface area contributed by atoms with Crippen molar-refractivity contribution in [3.63, 3.8) is 0 Å². The molecule has 1 aliphatic heterocycles. The average molecular weight is 411 g/mol. The second-order valence-corrected chi connectivity index (χ2v) is 11.5. The zero-order valence-electron chi connectivity index (χ0n) is 17.2. The Hall–Kier alpha value is -1.46. The molecule has 1 saturated heterocycles. The van der Waals surface area contributed by atoms with Gasteiger partial charge in [0.1, 0.15) is 6.04 Å². The molecular formula is C24H32N3OS+. The monoisotopic (exact) mass is 410 g/mol. The number of thiazole rings is 1. The number of likely N-dealkylation sites (tertiary alicyclic amines) is 1. The number of hydrogen-bond donors (Lipinski definition) is 2. The van der Waals surface area contributed by atoms with Crippen LogP contribution in [0.15, 0.2) is 24.3 Å². The third-order valence-electron chi connectivity index (χ3n) is 8.17. The third-order valence-corrected chi connectivity index (χ3v) is 9.32. The molecule has 2 heterocycles. The number of quaternary nitrogens is 1. The van der Waals surface area contributed by atoms with E-state index in [1.807, 2.05) is 11.3 Å². The van der Waals surface area contributed by atoms with E-state index in [-0.39, 0.29) is 11.4 Å². The largest absolute Gasteiger partial charge is 0.346 e. The molecule has 7 rings (SSSR count). The van der Waals surface area contributed by atoms with Crippen LogP contribution < -0.4 is 10.2 Å². The van der Waals surface area contributed by atoms with E-state index in [0.29, 0.717) is 12.6 Å². The number of nitrogens with zero attached hydrogens (tertiary/aromatic N) is 1. The normalized spacial score (nSPS) is 38.4. The van der Waals surface area contributed by atoms with Crippen molar-refractivity contribution < 1.29 is 9.69 Å². The van der Waals surface area contributed by atoms with Crippen LogP contribution in [0.1, 0.15) is 68.8 Å². The number of nitrogens with one attached hydrogen (secondary N) is 2. The summed E-state index contributed by atoms with van der Waals surface area (Å²) in [4.78, 5) is 19.6. The van der Waals surface area contributed by atoms with Crippen LogP contribution in [0.3, 0.4) is 0 Å². The fraction of sp³-hybridized carbons (Fsp3) is 0.667. The number of carbonyl (C=O) groups excluding carboxylic acids is 1. The second-order valence-electron chi connectivity index (χ2n) is 10.4. The summed E-state index contributed by atoms with van der Waals surface area (Å²) in [6.45, 7) is 1.71. The Morgan fingerprint density at radius 2 is 1.83 bits per heavy atom. The highest BCUT2D eigenvalue weighted by atomic mass is 32.1.